The first-order valence-corrected chi connectivity index (χ1v) is 3.68. The summed E-state index contributed by atoms with van der Waals surface area (Å²) < 4.78 is 0. The Hall–Kier alpha value is -1.04. The standard InChI is InChI=1S/C10H10/c1-2-6-10-8-4-3-7-9(10)5-1/h1-7,10H,8H2. The molecule has 0 saturated carbocycles. The second-order valence-electron chi connectivity index (χ2n) is 2.68. The Labute approximate surface area is 61.3 Å². The predicted molar refractivity (Wildman–Crippen MR) is 43.6 cm³/mol. The summed E-state index contributed by atoms with van der Waals surface area (Å²) >= 11 is 0. The van der Waals surface area contributed by atoms with Crippen molar-refractivity contribution in [2.45, 2.75) is 6.42 Å². The molecule has 2 rings (SSSR count). The largest absolute Gasteiger partial charge is 0.0836 e. The van der Waals surface area contributed by atoms with Gasteiger partial charge in [0.15, 0.2) is 0 Å². The maximum atomic E-state index is 2.26. The number of allylic oxidation sites excluding steroid dienone is 8. The summed E-state index contributed by atoms with van der Waals surface area (Å²) in [7, 11) is 0. The van der Waals surface area contributed by atoms with E-state index in [1.807, 2.05) is 0 Å². The Morgan fingerprint density at radius 2 is 2.20 bits per heavy atom. The van der Waals surface area contributed by atoms with E-state index in [-0.39, 0.29) is 0 Å². The zero-order chi connectivity index (χ0) is 6.81. The maximum absolute atomic E-state index is 2.26. The van der Waals surface area contributed by atoms with Crippen LogP contribution >= 0.6 is 0 Å². The fourth-order valence-corrected chi connectivity index (χ4v) is 1.40. The minimum Gasteiger partial charge on any atom is -0.0836 e. The van der Waals surface area contributed by atoms with Gasteiger partial charge < -0.3 is 0 Å². The van der Waals surface area contributed by atoms with Crippen LogP contribution in [0.4, 0.5) is 0 Å². The monoisotopic (exact) mass is 130 g/mol. The lowest BCUT2D eigenvalue weighted by atomic mass is 9.88. The van der Waals surface area contributed by atoms with Gasteiger partial charge in [-0.1, -0.05) is 42.5 Å². The van der Waals surface area contributed by atoms with Gasteiger partial charge in [0.1, 0.15) is 0 Å². The van der Waals surface area contributed by atoms with Crippen molar-refractivity contribution in [2.75, 3.05) is 0 Å². The minimum absolute atomic E-state index is 0.662. The van der Waals surface area contributed by atoms with Gasteiger partial charge in [-0.05, 0) is 12.0 Å². The highest BCUT2D eigenvalue weighted by Gasteiger charge is 2.10. The van der Waals surface area contributed by atoms with Crippen molar-refractivity contribution >= 4 is 0 Å². The van der Waals surface area contributed by atoms with Crippen LogP contribution in [0.1, 0.15) is 6.42 Å². The van der Waals surface area contributed by atoms with Gasteiger partial charge in [-0.3, -0.25) is 0 Å². The lowest BCUT2D eigenvalue weighted by Crippen LogP contribution is -2.02. The van der Waals surface area contributed by atoms with Gasteiger partial charge in [-0.25, -0.2) is 0 Å². The van der Waals surface area contributed by atoms with Crippen LogP contribution in [0.25, 0.3) is 0 Å². The van der Waals surface area contributed by atoms with Crippen molar-refractivity contribution in [3.8, 4) is 0 Å². The second-order valence-corrected chi connectivity index (χ2v) is 2.68. The van der Waals surface area contributed by atoms with E-state index in [0.717, 1.165) is 0 Å². The molecule has 0 heteroatoms. The average molecular weight is 130 g/mol. The van der Waals surface area contributed by atoms with Crippen molar-refractivity contribution in [3.63, 3.8) is 0 Å². The van der Waals surface area contributed by atoms with Gasteiger partial charge >= 0.3 is 0 Å². The van der Waals surface area contributed by atoms with Crippen LogP contribution in [-0.2, 0) is 0 Å². The third-order valence-electron chi connectivity index (χ3n) is 1.99. The normalized spacial score (nSPS) is 28.0. The van der Waals surface area contributed by atoms with Crippen molar-refractivity contribution in [1.29, 1.82) is 0 Å². The van der Waals surface area contributed by atoms with Crippen molar-refractivity contribution < 1.29 is 0 Å². The van der Waals surface area contributed by atoms with Gasteiger partial charge in [0.2, 0.25) is 0 Å². The second kappa shape index (κ2) is 2.30. The third-order valence-corrected chi connectivity index (χ3v) is 1.99. The number of hydrogen-bond donors (Lipinski definition) is 0. The molecule has 0 aromatic carbocycles. The first kappa shape index (κ1) is 5.72. The van der Waals surface area contributed by atoms with Crippen LogP contribution in [0, 0.1) is 5.92 Å². The van der Waals surface area contributed by atoms with E-state index in [1.54, 1.807) is 0 Å². The van der Waals surface area contributed by atoms with E-state index in [9.17, 15) is 0 Å². The van der Waals surface area contributed by atoms with Crippen LogP contribution in [0.15, 0.2) is 48.1 Å². The van der Waals surface area contributed by atoms with E-state index in [2.05, 4.69) is 42.5 Å². The molecule has 0 N–H and O–H groups in total. The quantitative estimate of drug-likeness (QED) is 0.473. The van der Waals surface area contributed by atoms with Crippen LogP contribution in [-0.4, -0.2) is 0 Å². The fraction of sp³-hybridized carbons (Fsp3) is 0.200. The zero-order valence-corrected chi connectivity index (χ0v) is 5.83. The molecule has 1 unspecified atom stereocenters. The Morgan fingerprint density at radius 3 is 3.10 bits per heavy atom. The molecule has 0 amide bonds. The number of hydrogen-bond acceptors (Lipinski definition) is 0. The molecular weight excluding hydrogens is 120 g/mol. The first-order chi connectivity index (χ1) is 4.97. The Morgan fingerprint density at radius 1 is 1.20 bits per heavy atom. The van der Waals surface area contributed by atoms with Crippen molar-refractivity contribution in [3.05, 3.63) is 48.1 Å². The summed E-state index contributed by atoms with van der Waals surface area (Å²) in [4.78, 5) is 0. The molecule has 0 aromatic heterocycles. The van der Waals surface area contributed by atoms with Gasteiger partial charge in [0.25, 0.3) is 0 Å². The lowest BCUT2D eigenvalue weighted by molar-refractivity contribution is 0.780. The van der Waals surface area contributed by atoms with Gasteiger partial charge in [0, 0.05) is 5.92 Å². The van der Waals surface area contributed by atoms with E-state index < -0.39 is 0 Å². The molecule has 0 fully saturated rings. The van der Waals surface area contributed by atoms with Crippen molar-refractivity contribution in [1.82, 2.24) is 0 Å². The molecule has 0 heterocycles. The molecule has 10 heavy (non-hydrogen) atoms. The smallest absolute Gasteiger partial charge is 0.00557 e. The Kier molecular flexibility index (Phi) is 1.31. The molecule has 0 bridgehead atoms. The molecule has 1 atom stereocenters. The van der Waals surface area contributed by atoms with E-state index in [4.69, 9.17) is 0 Å². The highest BCUT2D eigenvalue weighted by molar-refractivity contribution is 5.38. The highest BCUT2D eigenvalue weighted by Crippen LogP contribution is 2.25. The lowest BCUT2D eigenvalue weighted by Gasteiger charge is -2.16. The first-order valence-electron chi connectivity index (χ1n) is 3.68. The summed E-state index contributed by atoms with van der Waals surface area (Å²) in [5.41, 5.74) is 1.45. The average Bonchev–Trinajstić information content (AvgIpc) is 2.05. The molecule has 50 valence electrons. The molecule has 0 nitrogen and oxygen atoms in total. The Bertz CT molecular complexity index is 239. The van der Waals surface area contributed by atoms with Crippen LogP contribution in [0.2, 0.25) is 0 Å². The highest BCUT2D eigenvalue weighted by atomic mass is 14.1. The molecule has 0 aromatic rings. The summed E-state index contributed by atoms with van der Waals surface area (Å²) in [5, 5.41) is 0. The van der Waals surface area contributed by atoms with Gasteiger partial charge in [-0.15, -0.1) is 0 Å². The third kappa shape index (κ3) is 0.860. The molecule has 0 spiro atoms. The number of fused-ring (bicyclic) bond motifs is 1. The molecule has 2 aliphatic carbocycles. The minimum atomic E-state index is 0.662. The van der Waals surface area contributed by atoms with Gasteiger partial charge in [-0.2, -0.15) is 0 Å². The summed E-state index contributed by atoms with van der Waals surface area (Å²) in [6.45, 7) is 0. The topological polar surface area (TPSA) is 0 Å². The molecule has 0 radical (unpaired) electrons. The number of rotatable bonds is 0. The van der Waals surface area contributed by atoms with Crippen LogP contribution in [0.5, 0.6) is 0 Å². The Balaban J connectivity index is 2.34. The SMILES string of the molecule is C1=CCC2C=CC=CC2=C1. The predicted octanol–water partition coefficient (Wildman–Crippen LogP) is 2.61. The molecule has 0 aliphatic heterocycles. The zero-order valence-electron chi connectivity index (χ0n) is 5.83. The van der Waals surface area contributed by atoms with E-state index >= 15 is 0 Å². The van der Waals surface area contributed by atoms with E-state index in [0.29, 0.717) is 5.92 Å². The maximum Gasteiger partial charge on any atom is 0.00557 e. The van der Waals surface area contributed by atoms with Crippen molar-refractivity contribution in [2.24, 2.45) is 5.92 Å². The summed E-state index contributed by atoms with van der Waals surface area (Å²) in [5.74, 6) is 0.662. The molecule has 2 aliphatic rings. The van der Waals surface area contributed by atoms with E-state index in [1.165, 1.54) is 12.0 Å². The summed E-state index contributed by atoms with van der Waals surface area (Å²) in [6.07, 6.45) is 16.4. The molecular formula is C10H10. The summed E-state index contributed by atoms with van der Waals surface area (Å²) in [6, 6.07) is 0. The van der Waals surface area contributed by atoms with Crippen LogP contribution in [0.3, 0.4) is 0 Å². The molecule has 0 saturated heterocycles. The van der Waals surface area contributed by atoms with Gasteiger partial charge in [0.05, 0.1) is 0 Å². The van der Waals surface area contributed by atoms with Crippen LogP contribution < -0.4 is 0 Å². The fourth-order valence-electron chi connectivity index (χ4n) is 1.40.